The summed E-state index contributed by atoms with van der Waals surface area (Å²) in [6.45, 7) is 0. The highest BCUT2D eigenvalue weighted by Gasteiger charge is 2.27. The number of H-pyrrole nitrogens is 1. The molecule has 5 nitrogen and oxygen atoms in total. The molecule has 2 saturated carbocycles. The van der Waals surface area contributed by atoms with E-state index in [9.17, 15) is 18.0 Å². The van der Waals surface area contributed by atoms with E-state index in [0.717, 1.165) is 36.7 Å². The Balaban J connectivity index is 1.80. The van der Waals surface area contributed by atoms with Gasteiger partial charge in [-0.15, -0.1) is 0 Å². The number of nitrogens with one attached hydrogen (secondary N) is 1. The molecule has 1 heterocycles. The number of rotatable bonds is 5. The fraction of sp³-hybridized carbons (Fsp3) is 0.364. The number of benzene rings is 1. The molecule has 152 valence electrons. The lowest BCUT2D eigenvalue weighted by atomic mass is 9.95. The minimum atomic E-state index is -3.44. The average molecular weight is 432 g/mol. The van der Waals surface area contributed by atoms with Crippen molar-refractivity contribution in [2.45, 2.75) is 42.9 Å². The van der Waals surface area contributed by atoms with Crippen LogP contribution in [-0.4, -0.2) is 25.4 Å². The number of pyridine rings is 1. The Morgan fingerprint density at radius 3 is 2.45 bits per heavy atom. The number of hydrogen-bond acceptors (Lipinski definition) is 4. The molecule has 0 amide bonds. The van der Waals surface area contributed by atoms with Crippen LogP contribution >= 0.6 is 11.6 Å². The number of carbonyl (C=O) groups excluding carboxylic acids is 1. The van der Waals surface area contributed by atoms with E-state index >= 15 is 0 Å². The SMILES string of the molecule is CS(=O)(=O)c1ccc(/C(=C\[C@H]2CCC(=O)C2)c2ccc(C3CC3)c(=O)[nH]2)cc1Cl. The molecule has 2 aliphatic carbocycles. The maximum Gasteiger partial charge on any atom is 0.251 e. The molecule has 0 radical (unpaired) electrons. The van der Waals surface area contributed by atoms with Crippen LogP contribution in [0.15, 0.2) is 46.1 Å². The molecule has 1 aromatic heterocycles. The molecule has 2 aliphatic rings. The topological polar surface area (TPSA) is 84.1 Å². The Hall–Kier alpha value is -2.18. The van der Waals surface area contributed by atoms with Crippen LogP contribution in [0, 0.1) is 5.92 Å². The average Bonchev–Trinajstić information content (AvgIpc) is 3.40. The van der Waals surface area contributed by atoms with Crippen molar-refractivity contribution in [2.24, 2.45) is 5.92 Å². The molecule has 1 aromatic carbocycles. The fourth-order valence-corrected chi connectivity index (χ4v) is 5.22. The zero-order valence-electron chi connectivity index (χ0n) is 16.1. The molecule has 1 atom stereocenters. The minimum absolute atomic E-state index is 0.0656. The lowest BCUT2D eigenvalue weighted by Gasteiger charge is -2.13. The Bertz CT molecular complexity index is 1180. The lowest BCUT2D eigenvalue weighted by molar-refractivity contribution is -0.117. The number of carbonyl (C=O) groups is 1. The highest BCUT2D eigenvalue weighted by Crippen LogP contribution is 2.39. The first-order chi connectivity index (χ1) is 13.7. The number of aromatic amines is 1. The molecule has 1 N–H and O–H groups in total. The smallest absolute Gasteiger partial charge is 0.251 e. The minimum Gasteiger partial charge on any atom is -0.322 e. The van der Waals surface area contributed by atoms with Crippen molar-refractivity contribution < 1.29 is 13.2 Å². The third-order valence-corrected chi connectivity index (χ3v) is 7.16. The molecular formula is C22H22ClNO4S. The van der Waals surface area contributed by atoms with Gasteiger partial charge in [-0.1, -0.05) is 29.8 Å². The van der Waals surface area contributed by atoms with Crippen molar-refractivity contribution >= 4 is 32.8 Å². The molecule has 4 rings (SSSR count). The van der Waals surface area contributed by atoms with Crippen molar-refractivity contribution in [3.05, 3.63) is 68.6 Å². The third-order valence-electron chi connectivity index (χ3n) is 5.58. The van der Waals surface area contributed by atoms with Gasteiger partial charge in [0.05, 0.1) is 9.92 Å². The monoisotopic (exact) mass is 431 g/mol. The maximum absolute atomic E-state index is 12.6. The van der Waals surface area contributed by atoms with Crippen LogP contribution in [0.3, 0.4) is 0 Å². The summed E-state index contributed by atoms with van der Waals surface area (Å²) in [5, 5.41) is 0.135. The predicted octanol–water partition coefficient (Wildman–Crippen LogP) is 4.11. The molecule has 0 spiro atoms. The largest absolute Gasteiger partial charge is 0.322 e. The Labute approximate surface area is 174 Å². The van der Waals surface area contributed by atoms with Crippen LogP contribution in [-0.2, 0) is 14.6 Å². The first-order valence-electron chi connectivity index (χ1n) is 9.69. The van der Waals surface area contributed by atoms with Gasteiger partial charge in [-0.3, -0.25) is 9.59 Å². The van der Waals surface area contributed by atoms with Gasteiger partial charge in [0.15, 0.2) is 9.84 Å². The second-order valence-electron chi connectivity index (χ2n) is 7.97. The van der Waals surface area contributed by atoms with Gasteiger partial charge >= 0.3 is 0 Å². The highest BCUT2D eigenvalue weighted by molar-refractivity contribution is 7.90. The van der Waals surface area contributed by atoms with E-state index in [1.54, 1.807) is 12.1 Å². The van der Waals surface area contributed by atoms with E-state index in [2.05, 4.69) is 4.98 Å². The summed E-state index contributed by atoms with van der Waals surface area (Å²) >= 11 is 6.26. The Kier molecular flexibility index (Phi) is 5.25. The van der Waals surface area contributed by atoms with Crippen molar-refractivity contribution in [2.75, 3.05) is 6.26 Å². The van der Waals surface area contributed by atoms with E-state index in [-0.39, 0.29) is 27.2 Å². The van der Waals surface area contributed by atoms with Crippen molar-refractivity contribution in [3.63, 3.8) is 0 Å². The second kappa shape index (κ2) is 7.58. The second-order valence-corrected chi connectivity index (χ2v) is 10.4. The first-order valence-corrected chi connectivity index (χ1v) is 12.0. The van der Waals surface area contributed by atoms with E-state index in [4.69, 9.17) is 11.6 Å². The van der Waals surface area contributed by atoms with Crippen molar-refractivity contribution in [3.8, 4) is 0 Å². The highest BCUT2D eigenvalue weighted by atomic mass is 35.5. The number of allylic oxidation sites excluding steroid dienone is 1. The molecule has 2 fully saturated rings. The summed E-state index contributed by atoms with van der Waals surface area (Å²) in [5.74, 6) is 0.655. The summed E-state index contributed by atoms with van der Waals surface area (Å²) in [7, 11) is -3.44. The van der Waals surface area contributed by atoms with E-state index in [1.165, 1.54) is 6.07 Å². The number of Topliss-reactive ketones (excluding diaryl/α,β-unsaturated/α-hetero) is 1. The van der Waals surface area contributed by atoms with Gasteiger partial charge in [0.25, 0.3) is 5.56 Å². The molecule has 7 heteroatoms. The number of ketones is 1. The lowest BCUT2D eigenvalue weighted by Crippen LogP contribution is -2.13. The molecule has 0 unspecified atom stereocenters. The molecule has 2 aromatic rings. The Morgan fingerprint density at radius 2 is 1.90 bits per heavy atom. The maximum atomic E-state index is 12.6. The van der Waals surface area contributed by atoms with Crippen LogP contribution in [0.4, 0.5) is 0 Å². The van der Waals surface area contributed by atoms with Crippen molar-refractivity contribution in [1.82, 2.24) is 4.98 Å². The van der Waals surface area contributed by atoms with Crippen molar-refractivity contribution in [1.29, 1.82) is 0 Å². The molecular weight excluding hydrogens is 410 g/mol. The standard InChI is InChI=1S/C22H22ClNO4S/c1-29(27,28)21-9-5-15(12-19(21)23)18(11-13-2-6-16(25)10-13)20-8-7-17(14-3-4-14)22(26)24-20/h5,7-9,11-14H,2-4,6,10H2,1H3,(H,24,26)/b18-11+/t13-/m0/s1. The van der Waals surface area contributed by atoms with Crippen LogP contribution < -0.4 is 5.56 Å². The van der Waals surface area contributed by atoms with Gasteiger partial charge in [0.1, 0.15) is 5.78 Å². The zero-order chi connectivity index (χ0) is 20.8. The third kappa shape index (κ3) is 4.38. The Morgan fingerprint density at radius 1 is 1.14 bits per heavy atom. The summed E-state index contributed by atoms with van der Waals surface area (Å²) in [6, 6.07) is 8.53. The quantitative estimate of drug-likeness (QED) is 0.772. The summed E-state index contributed by atoms with van der Waals surface area (Å²) in [4.78, 5) is 27.3. The number of sulfone groups is 1. The predicted molar refractivity (Wildman–Crippen MR) is 113 cm³/mol. The van der Waals surface area contributed by atoms with Crippen LogP contribution in [0.2, 0.25) is 5.02 Å². The van der Waals surface area contributed by atoms with Crippen LogP contribution in [0.1, 0.15) is 54.8 Å². The number of halogens is 1. The van der Waals surface area contributed by atoms with E-state index in [1.807, 2.05) is 18.2 Å². The summed E-state index contributed by atoms with van der Waals surface area (Å²) in [6.07, 6.45) is 6.99. The van der Waals surface area contributed by atoms with Gasteiger partial charge in [-0.05, 0) is 54.9 Å². The summed E-state index contributed by atoms with van der Waals surface area (Å²) in [5.41, 5.74) is 2.80. The molecule has 0 bridgehead atoms. The molecule has 0 aliphatic heterocycles. The fourth-order valence-electron chi connectivity index (χ4n) is 3.89. The van der Waals surface area contributed by atoms with Gasteiger partial charge < -0.3 is 4.98 Å². The molecule has 29 heavy (non-hydrogen) atoms. The van der Waals surface area contributed by atoms with Gasteiger partial charge in [-0.2, -0.15) is 0 Å². The number of aromatic nitrogens is 1. The van der Waals surface area contributed by atoms with E-state index < -0.39 is 9.84 Å². The summed E-state index contributed by atoms with van der Waals surface area (Å²) < 4.78 is 23.8. The molecule has 0 saturated heterocycles. The van der Waals surface area contributed by atoms with Gasteiger partial charge in [0, 0.05) is 35.9 Å². The van der Waals surface area contributed by atoms with Crippen LogP contribution in [0.25, 0.3) is 5.57 Å². The van der Waals surface area contributed by atoms with Gasteiger partial charge in [0.2, 0.25) is 0 Å². The van der Waals surface area contributed by atoms with Gasteiger partial charge in [-0.25, -0.2) is 8.42 Å². The first kappa shape index (κ1) is 20.1. The number of hydrogen-bond donors (Lipinski definition) is 1. The van der Waals surface area contributed by atoms with E-state index in [0.29, 0.717) is 30.0 Å². The normalized spacial score (nSPS) is 20.3. The van der Waals surface area contributed by atoms with Crippen LogP contribution in [0.5, 0.6) is 0 Å². The zero-order valence-corrected chi connectivity index (χ0v) is 17.6.